The Balaban J connectivity index is 2.06. The molecule has 0 radical (unpaired) electrons. The summed E-state index contributed by atoms with van der Waals surface area (Å²) in [4.78, 5) is 35.7. The van der Waals surface area contributed by atoms with Crippen molar-refractivity contribution < 1.29 is 14.7 Å². The largest absolute Gasteiger partial charge is 0.481 e. The molecule has 6 heteroatoms. The number of carboxylic acids is 1. The summed E-state index contributed by atoms with van der Waals surface area (Å²) in [6.07, 6.45) is 1.27. The maximum atomic E-state index is 11.9. The van der Waals surface area contributed by atoms with Crippen LogP contribution in [-0.2, 0) is 11.2 Å². The lowest BCUT2D eigenvalue weighted by Gasteiger charge is -2.05. The van der Waals surface area contributed by atoms with Gasteiger partial charge in [-0.05, 0) is 23.8 Å². The molecule has 0 aliphatic carbocycles. The molecular formula is C14H12N2O4. The minimum absolute atomic E-state index is 0.0614. The highest BCUT2D eigenvalue weighted by atomic mass is 16.4. The Kier molecular flexibility index (Phi) is 3.95. The molecule has 1 aromatic carbocycles. The van der Waals surface area contributed by atoms with Crippen LogP contribution < -0.4 is 10.9 Å². The first-order valence-electron chi connectivity index (χ1n) is 5.85. The van der Waals surface area contributed by atoms with E-state index in [1.54, 1.807) is 24.3 Å². The molecule has 2 aromatic rings. The van der Waals surface area contributed by atoms with Gasteiger partial charge in [-0.3, -0.25) is 14.4 Å². The fraction of sp³-hybridized carbons (Fsp3) is 0.0714. The number of hydrogen-bond donors (Lipinski definition) is 3. The van der Waals surface area contributed by atoms with Crippen molar-refractivity contribution in [2.75, 3.05) is 5.32 Å². The molecule has 0 saturated carbocycles. The van der Waals surface area contributed by atoms with Crippen LogP contribution in [0.2, 0.25) is 0 Å². The van der Waals surface area contributed by atoms with Gasteiger partial charge < -0.3 is 15.4 Å². The standard InChI is InChI=1S/C14H12N2O4/c17-12-6-3-10(8-15-12)14(20)16-11-4-1-9(2-5-11)7-13(18)19/h1-6,8H,7H2,(H,15,17)(H,16,20)(H,18,19). The Bertz CT molecular complexity index is 669. The van der Waals surface area contributed by atoms with Crippen LogP contribution in [0.4, 0.5) is 5.69 Å². The van der Waals surface area contributed by atoms with Crippen molar-refractivity contribution in [3.8, 4) is 0 Å². The van der Waals surface area contributed by atoms with E-state index in [2.05, 4.69) is 10.3 Å². The van der Waals surface area contributed by atoms with Crippen molar-refractivity contribution in [3.63, 3.8) is 0 Å². The monoisotopic (exact) mass is 272 g/mol. The molecule has 2 rings (SSSR count). The molecule has 0 bridgehead atoms. The van der Waals surface area contributed by atoms with Gasteiger partial charge in [-0.15, -0.1) is 0 Å². The number of aliphatic carboxylic acids is 1. The fourth-order valence-corrected chi connectivity index (χ4v) is 1.64. The van der Waals surface area contributed by atoms with Crippen molar-refractivity contribution in [1.82, 2.24) is 4.98 Å². The van der Waals surface area contributed by atoms with E-state index in [1.807, 2.05) is 0 Å². The zero-order valence-corrected chi connectivity index (χ0v) is 10.4. The number of aromatic nitrogens is 1. The molecule has 6 nitrogen and oxygen atoms in total. The third-order valence-electron chi connectivity index (χ3n) is 2.61. The minimum Gasteiger partial charge on any atom is -0.481 e. The van der Waals surface area contributed by atoms with Crippen LogP contribution in [0.5, 0.6) is 0 Å². The van der Waals surface area contributed by atoms with Gasteiger partial charge in [0.2, 0.25) is 5.56 Å². The van der Waals surface area contributed by atoms with Crippen LogP contribution in [0.15, 0.2) is 47.4 Å². The molecule has 0 saturated heterocycles. The molecule has 1 heterocycles. The number of carboxylic acid groups (broad SMARTS) is 1. The van der Waals surface area contributed by atoms with Crippen LogP contribution in [0.25, 0.3) is 0 Å². The smallest absolute Gasteiger partial charge is 0.307 e. The first kappa shape index (κ1) is 13.5. The first-order valence-corrected chi connectivity index (χ1v) is 5.85. The van der Waals surface area contributed by atoms with Crippen LogP contribution in [0.1, 0.15) is 15.9 Å². The highest BCUT2D eigenvalue weighted by molar-refractivity contribution is 6.04. The molecule has 0 atom stereocenters. The molecule has 0 spiro atoms. The van der Waals surface area contributed by atoms with Crippen LogP contribution in [-0.4, -0.2) is 22.0 Å². The Morgan fingerprint density at radius 1 is 1.10 bits per heavy atom. The summed E-state index contributed by atoms with van der Waals surface area (Å²) in [6.45, 7) is 0. The summed E-state index contributed by atoms with van der Waals surface area (Å²) >= 11 is 0. The second kappa shape index (κ2) is 5.83. The molecule has 0 unspecified atom stereocenters. The summed E-state index contributed by atoms with van der Waals surface area (Å²) in [6, 6.07) is 9.22. The van der Waals surface area contributed by atoms with Crippen molar-refractivity contribution >= 4 is 17.6 Å². The minimum atomic E-state index is -0.907. The zero-order chi connectivity index (χ0) is 14.5. The van der Waals surface area contributed by atoms with Gasteiger partial charge in [0.15, 0.2) is 0 Å². The number of anilines is 1. The van der Waals surface area contributed by atoms with E-state index in [9.17, 15) is 14.4 Å². The summed E-state index contributed by atoms with van der Waals surface area (Å²) < 4.78 is 0. The van der Waals surface area contributed by atoms with Crippen molar-refractivity contribution in [1.29, 1.82) is 0 Å². The first-order chi connectivity index (χ1) is 9.54. The molecular weight excluding hydrogens is 260 g/mol. The van der Waals surface area contributed by atoms with E-state index < -0.39 is 5.97 Å². The molecule has 102 valence electrons. The van der Waals surface area contributed by atoms with Crippen molar-refractivity contribution in [2.45, 2.75) is 6.42 Å². The number of hydrogen-bond acceptors (Lipinski definition) is 3. The van der Waals surface area contributed by atoms with E-state index in [0.29, 0.717) is 16.8 Å². The number of nitrogens with one attached hydrogen (secondary N) is 2. The molecule has 0 aliphatic rings. The Morgan fingerprint density at radius 2 is 1.80 bits per heavy atom. The van der Waals surface area contributed by atoms with Gasteiger partial charge >= 0.3 is 5.97 Å². The van der Waals surface area contributed by atoms with Gasteiger partial charge in [0, 0.05) is 18.0 Å². The molecule has 20 heavy (non-hydrogen) atoms. The predicted octanol–water partition coefficient (Wildman–Crippen LogP) is 1.25. The van der Waals surface area contributed by atoms with Gasteiger partial charge in [-0.2, -0.15) is 0 Å². The van der Waals surface area contributed by atoms with Gasteiger partial charge in [0.25, 0.3) is 5.91 Å². The third-order valence-corrected chi connectivity index (χ3v) is 2.61. The SMILES string of the molecule is O=C(O)Cc1ccc(NC(=O)c2ccc(=O)[nH]c2)cc1. The topological polar surface area (TPSA) is 99.3 Å². The summed E-state index contributed by atoms with van der Waals surface area (Å²) in [5.41, 5.74) is 1.26. The number of H-pyrrole nitrogens is 1. The van der Waals surface area contributed by atoms with Gasteiger partial charge in [0.1, 0.15) is 0 Å². The van der Waals surface area contributed by atoms with Crippen molar-refractivity contribution in [2.24, 2.45) is 0 Å². The van der Waals surface area contributed by atoms with Gasteiger partial charge in [-0.1, -0.05) is 12.1 Å². The molecule has 1 aromatic heterocycles. The Hall–Kier alpha value is -2.89. The number of pyridine rings is 1. The molecule has 0 aliphatic heterocycles. The molecule has 3 N–H and O–H groups in total. The summed E-state index contributed by atoms with van der Waals surface area (Å²) in [5, 5.41) is 11.3. The van der Waals surface area contributed by atoms with E-state index >= 15 is 0 Å². The maximum Gasteiger partial charge on any atom is 0.307 e. The highest BCUT2D eigenvalue weighted by Gasteiger charge is 2.06. The lowest BCUT2D eigenvalue weighted by molar-refractivity contribution is -0.136. The fourth-order valence-electron chi connectivity index (χ4n) is 1.64. The number of rotatable bonds is 4. The summed E-state index contributed by atoms with van der Waals surface area (Å²) in [7, 11) is 0. The van der Waals surface area contributed by atoms with Crippen LogP contribution in [0.3, 0.4) is 0 Å². The normalized spacial score (nSPS) is 10.0. The number of amides is 1. The lowest BCUT2D eigenvalue weighted by atomic mass is 10.1. The quantitative estimate of drug-likeness (QED) is 0.780. The number of benzene rings is 1. The van der Waals surface area contributed by atoms with Crippen molar-refractivity contribution in [3.05, 3.63) is 64.1 Å². The average molecular weight is 272 g/mol. The van der Waals surface area contributed by atoms with Crippen LogP contribution >= 0.6 is 0 Å². The lowest BCUT2D eigenvalue weighted by Crippen LogP contribution is -2.14. The van der Waals surface area contributed by atoms with E-state index in [-0.39, 0.29) is 17.9 Å². The Labute approximate surface area is 114 Å². The predicted molar refractivity (Wildman–Crippen MR) is 72.8 cm³/mol. The molecule has 1 amide bonds. The molecule has 0 fully saturated rings. The number of carbonyl (C=O) groups excluding carboxylic acids is 1. The van der Waals surface area contributed by atoms with E-state index in [1.165, 1.54) is 18.3 Å². The zero-order valence-electron chi connectivity index (χ0n) is 10.4. The Morgan fingerprint density at radius 3 is 2.35 bits per heavy atom. The highest BCUT2D eigenvalue weighted by Crippen LogP contribution is 2.11. The van der Waals surface area contributed by atoms with Gasteiger partial charge in [0.05, 0.1) is 12.0 Å². The third kappa shape index (κ3) is 3.55. The van der Waals surface area contributed by atoms with Crippen LogP contribution in [0, 0.1) is 0 Å². The maximum absolute atomic E-state index is 11.9. The number of carbonyl (C=O) groups is 2. The van der Waals surface area contributed by atoms with E-state index in [0.717, 1.165) is 0 Å². The van der Waals surface area contributed by atoms with Gasteiger partial charge in [-0.25, -0.2) is 0 Å². The second-order valence-electron chi connectivity index (χ2n) is 4.16. The number of aromatic amines is 1. The second-order valence-corrected chi connectivity index (χ2v) is 4.16. The van der Waals surface area contributed by atoms with E-state index in [4.69, 9.17) is 5.11 Å². The summed E-state index contributed by atoms with van der Waals surface area (Å²) in [5.74, 6) is -1.26. The average Bonchev–Trinajstić information content (AvgIpc) is 2.41.